The Morgan fingerprint density at radius 1 is 1.30 bits per heavy atom. The van der Waals surface area contributed by atoms with Gasteiger partial charge >= 0.3 is 12.0 Å². The fraction of sp³-hybridized carbons (Fsp3) is 0.857. The quantitative estimate of drug-likeness (QED) is 0.758. The van der Waals surface area contributed by atoms with Crippen LogP contribution in [-0.4, -0.2) is 52.6 Å². The molecule has 0 aromatic rings. The molecule has 0 aliphatic heterocycles. The van der Waals surface area contributed by atoms with E-state index >= 15 is 0 Å². The van der Waals surface area contributed by atoms with Crippen LogP contribution < -0.4 is 5.32 Å². The maximum Gasteiger partial charge on any atom is 0.317 e. The molecule has 118 valence electrons. The number of carbonyl (C=O) groups excluding carboxylic acids is 1. The summed E-state index contributed by atoms with van der Waals surface area (Å²) < 4.78 is 0. The molecule has 2 amide bonds. The van der Waals surface area contributed by atoms with E-state index in [1.807, 2.05) is 13.2 Å². The van der Waals surface area contributed by atoms with E-state index in [9.17, 15) is 14.7 Å². The number of amides is 2. The molecule has 5 nitrogen and oxygen atoms in total. The number of nitrogens with zero attached hydrogens (tertiary/aromatic N) is 1. The molecule has 1 atom stereocenters. The van der Waals surface area contributed by atoms with Gasteiger partial charge in [0.25, 0.3) is 0 Å². The summed E-state index contributed by atoms with van der Waals surface area (Å²) in [6.07, 6.45) is 2.94. The molecule has 0 saturated heterocycles. The Morgan fingerprint density at radius 3 is 2.20 bits per heavy atom. The van der Waals surface area contributed by atoms with E-state index in [2.05, 4.69) is 5.32 Å². The number of aliphatic carboxylic acids is 1. The lowest BCUT2D eigenvalue weighted by Gasteiger charge is -2.40. The van der Waals surface area contributed by atoms with Crippen LogP contribution in [0, 0.1) is 5.41 Å². The highest BCUT2D eigenvalue weighted by molar-refractivity contribution is 7.98. The normalized spacial score (nSPS) is 13.8. The van der Waals surface area contributed by atoms with Gasteiger partial charge in [-0.15, -0.1) is 0 Å². The summed E-state index contributed by atoms with van der Waals surface area (Å²) in [6, 6.07) is -0.121. The van der Waals surface area contributed by atoms with Gasteiger partial charge in [0.1, 0.15) is 0 Å². The van der Waals surface area contributed by atoms with Crippen LogP contribution >= 0.6 is 11.8 Å². The molecular formula is C14H28N2O3S. The second kappa shape index (κ2) is 7.20. The molecule has 2 N–H and O–H groups in total. The Kier molecular flexibility index (Phi) is 6.87. The van der Waals surface area contributed by atoms with E-state index < -0.39 is 16.9 Å². The SMILES string of the molecule is CSCCC(C)N(C)C(=O)NC(C)(C)C(C)(C)C(=O)O. The molecule has 1 unspecified atom stereocenters. The van der Waals surface area contributed by atoms with Crippen molar-refractivity contribution in [2.24, 2.45) is 5.41 Å². The van der Waals surface area contributed by atoms with Gasteiger partial charge in [-0.1, -0.05) is 0 Å². The Hall–Kier alpha value is -0.910. The van der Waals surface area contributed by atoms with Crippen molar-refractivity contribution in [3.05, 3.63) is 0 Å². The van der Waals surface area contributed by atoms with Crippen LogP contribution in [0.5, 0.6) is 0 Å². The zero-order chi connectivity index (χ0) is 16.1. The molecule has 0 rings (SSSR count). The lowest BCUT2D eigenvalue weighted by atomic mass is 9.74. The molecule has 0 aliphatic rings. The third kappa shape index (κ3) is 4.58. The number of thioether (sulfide) groups is 1. The number of carboxylic acid groups (broad SMARTS) is 1. The van der Waals surface area contributed by atoms with Crippen molar-refractivity contribution in [1.29, 1.82) is 0 Å². The summed E-state index contributed by atoms with van der Waals surface area (Å²) in [4.78, 5) is 25.2. The fourth-order valence-electron chi connectivity index (χ4n) is 1.46. The van der Waals surface area contributed by atoms with E-state index in [-0.39, 0.29) is 12.1 Å². The number of rotatable bonds is 7. The number of carbonyl (C=O) groups is 2. The fourth-order valence-corrected chi connectivity index (χ4v) is 2.04. The average molecular weight is 304 g/mol. The molecule has 0 spiro atoms. The van der Waals surface area contributed by atoms with Crippen molar-refractivity contribution < 1.29 is 14.7 Å². The van der Waals surface area contributed by atoms with E-state index in [0.717, 1.165) is 12.2 Å². The molecule has 0 aromatic heterocycles. The summed E-state index contributed by atoms with van der Waals surface area (Å²) in [5.74, 6) is 0.0592. The van der Waals surface area contributed by atoms with E-state index in [4.69, 9.17) is 0 Å². The molecule has 0 heterocycles. The van der Waals surface area contributed by atoms with Gasteiger partial charge in [-0.05, 0) is 53.0 Å². The Bertz CT molecular complexity index is 356. The minimum atomic E-state index is -1.05. The van der Waals surface area contributed by atoms with Crippen molar-refractivity contribution in [3.8, 4) is 0 Å². The van der Waals surface area contributed by atoms with Gasteiger partial charge in [0, 0.05) is 13.1 Å². The van der Waals surface area contributed by atoms with Crippen LogP contribution in [0.25, 0.3) is 0 Å². The van der Waals surface area contributed by atoms with Crippen LogP contribution in [0.4, 0.5) is 4.79 Å². The van der Waals surface area contributed by atoms with Crippen LogP contribution in [-0.2, 0) is 4.79 Å². The molecule has 0 fully saturated rings. The predicted octanol–water partition coefficient (Wildman–Crippen LogP) is 2.66. The zero-order valence-corrected chi connectivity index (χ0v) is 14.4. The Morgan fingerprint density at radius 2 is 1.80 bits per heavy atom. The van der Waals surface area contributed by atoms with Gasteiger partial charge in [0.15, 0.2) is 0 Å². The van der Waals surface area contributed by atoms with Gasteiger partial charge in [0.05, 0.1) is 11.0 Å². The third-order valence-electron chi connectivity index (χ3n) is 4.24. The van der Waals surface area contributed by atoms with Gasteiger partial charge in [-0.25, -0.2) is 4.79 Å². The molecule has 0 saturated carbocycles. The predicted molar refractivity (Wildman–Crippen MR) is 84.3 cm³/mol. The minimum absolute atomic E-state index is 0.117. The number of urea groups is 1. The summed E-state index contributed by atoms with van der Waals surface area (Å²) in [5.41, 5.74) is -1.89. The van der Waals surface area contributed by atoms with Crippen LogP contribution in [0.1, 0.15) is 41.0 Å². The second-order valence-corrected chi connectivity index (χ2v) is 7.21. The van der Waals surface area contributed by atoms with Crippen molar-refractivity contribution >= 4 is 23.8 Å². The van der Waals surface area contributed by atoms with Crippen molar-refractivity contribution in [2.45, 2.75) is 52.6 Å². The lowest BCUT2D eigenvalue weighted by Crippen LogP contribution is -2.60. The van der Waals surface area contributed by atoms with E-state index in [1.54, 1.807) is 51.4 Å². The third-order valence-corrected chi connectivity index (χ3v) is 4.88. The molecule has 0 aliphatic carbocycles. The molecule has 0 aromatic carbocycles. The molecule has 0 radical (unpaired) electrons. The Labute approximate surface area is 126 Å². The number of hydrogen-bond donors (Lipinski definition) is 2. The van der Waals surface area contributed by atoms with Crippen molar-refractivity contribution in [1.82, 2.24) is 10.2 Å². The van der Waals surface area contributed by atoms with Crippen LogP contribution in [0.15, 0.2) is 0 Å². The first-order chi connectivity index (χ1) is 8.97. The number of hydrogen-bond acceptors (Lipinski definition) is 3. The monoisotopic (exact) mass is 304 g/mol. The molecular weight excluding hydrogens is 276 g/mol. The molecule has 20 heavy (non-hydrogen) atoms. The standard InChI is InChI=1S/C14H28N2O3S/c1-10(8-9-20-7)16(6)12(19)15-14(4,5)13(2,3)11(17)18/h10H,8-9H2,1-7H3,(H,15,19)(H,17,18). The van der Waals surface area contributed by atoms with Crippen LogP contribution in [0.3, 0.4) is 0 Å². The highest BCUT2D eigenvalue weighted by Gasteiger charge is 2.44. The number of nitrogens with one attached hydrogen (secondary N) is 1. The van der Waals surface area contributed by atoms with Crippen molar-refractivity contribution in [3.63, 3.8) is 0 Å². The largest absolute Gasteiger partial charge is 0.481 e. The number of carboxylic acids is 1. The topological polar surface area (TPSA) is 69.6 Å². The first-order valence-electron chi connectivity index (χ1n) is 6.74. The summed E-state index contributed by atoms with van der Waals surface area (Å²) >= 11 is 1.74. The van der Waals surface area contributed by atoms with Gasteiger partial charge in [-0.3, -0.25) is 4.79 Å². The van der Waals surface area contributed by atoms with E-state index in [1.165, 1.54) is 0 Å². The maximum absolute atomic E-state index is 12.2. The van der Waals surface area contributed by atoms with Gasteiger partial charge in [-0.2, -0.15) is 11.8 Å². The highest BCUT2D eigenvalue weighted by atomic mass is 32.2. The summed E-state index contributed by atoms with van der Waals surface area (Å²) in [5, 5.41) is 12.1. The van der Waals surface area contributed by atoms with Gasteiger partial charge < -0.3 is 15.3 Å². The van der Waals surface area contributed by atoms with Gasteiger partial charge in [0.2, 0.25) is 0 Å². The zero-order valence-electron chi connectivity index (χ0n) is 13.6. The molecule has 6 heteroatoms. The Balaban J connectivity index is 4.78. The lowest BCUT2D eigenvalue weighted by molar-refractivity contribution is -0.150. The summed E-state index contributed by atoms with van der Waals surface area (Å²) in [7, 11) is 1.74. The highest BCUT2D eigenvalue weighted by Crippen LogP contribution is 2.30. The van der Waals surface area contributed by atoms with Crippen molar-refractivity contribution in [2.75, 3.05) is 19.1 Å². The average Bonchev–Trinajstić information content (AvgIpc) is 2.33. The first kappa shape index (κ1) is 19.1. The van der Waals surface area contributed by atoms with Crippen LogP contribution in [0.2, 0.25) is 0 Å². The minimum Gasteiger partial charge on any atom is -0.481 e. The smallest absolute Gasteiger partial charge is 0.317 e. The maximum atomic E-state index is 12.2. The van der Waals surface area contributed by atoms with E-state index in [0.29, 0.717) is 0 Å². The summed E-state index contributed by atoms with van der Waals surface area (Å²) in [6.45, 7) is 8.70. The second-order valence-electron chi connectivity index (χ2n) is 6.23. The molecule has 0 bridgehead atoms. The first-order valence-corrected chi connectivity index (χ1v) is 8.14.